The maximum atomic E-state index is 10.5. The second-order valence-electron chi connectivity index (χ2n) is 1.80. The molecule has 1 heterocycles. The van der Waals surface area contributed by atoms with Gasteiger partial charge >= 0.3 is 6.09 Å². The lowest BCUT2D eigenvalue weighted by molar-refractivity contribution is 0.130. The molecule has 0 radical (unpaired) electrons. The van der Waals surface area contributed by atoms with Crippen molar-refractivity contribution in [3.63, 3.8) is 0 Å². The Balaban J connectivity index is 2.29. The molecule has 0 aliphatic heterocycles. The molecule has 1 N–H and O–H groups in total. The number of carbonyl (C=O) groups is 1. The largest absolute Gasteiger partial charge is 0.441 e. The highest BCUT2D eigenvalue weighted by molar-refractivity contribution is 5.66. The highest BCUT2D eigenvalue weighted by Gasteiger charge is 2.00. The first-order valence-corrected chi connectivity index (χ1v) is 3.07. The minimum atomic E-state index is -0.485. The first-order chi connectivity index (χ1) is 5.33. The number of alkyl carbamates (subject to hydrolysis) is 1. The molecule has 1 rings (SSSR count). The molecule has 1 aromatic heterocycles. The van der Waals surface area contributed by atoms with Gasteiger partial charge in [-0.3, -0.25) is 0 Å². The Morgan fingerprint density at radius 3 is 3.27 bits per heavy atom. The van der Waals surface area contributed by atoms with Gasteiger partial charge in [-0.15, -0.1) is 0 Å². The van der Waals surface area contributed by atoms with Crippen molar-refractivity contribution in [1.29, 1.82) is 0 Å². The lowest BCUT2D eigenvalue weighted by Crippen LogP contribution is -2.18. The van der Waals surface area contributed by atoms with Crippen LogP contribution < -0.4 is 5.32 Å². The molecule has 0 bridgehead atoms. The fourth-order valence-electron chi connectivity index (χ4n) is 0.525. The summed E-state index contributed by atoms with van der Waals surface area (Å²) in [7, 11) is 1.49. The summed E-state index contributed by atoms with van der Waals surface area (Å²) in [6.45, 7) is 0.111. The summed E-state index contributed by atoms with van der Waals surface area (Å²) < 4.78 is 9.33. The van der Waals surface area contributed by atoms with Crippen LogP contribution in [0.15, 0.2) is 16.8 Å². The average molecular weight is 156 g/mol. The number of rotatable bonds is 2. The molecule has 0 aliphatic rings. The summed E-state index contributed by atoms with van der Waals surface area (Å²) in [5, 5.41) is 5.74. The van der Waals surface area contributed by atoms with E-state index >= 15 is 0 Å². The molecular weight excluding hydrogens is 148 g/mol. The zero-order valence-electron chi connectivity index (χ0n) is 6.03. The van der Waals surface area contributed by atoms with Gasteiger partial charge in [0.05, 0.1) is 6.20 Å². The summed E-state index contributed by atoms with van der Waals surface area (Å²) in [5.41, 5.74) is 0. The van der Waals surface area contributed by atoms with Crippen molar-refractivity contribution in [3.8, 4) is 0 Å². The van der Waals surface area contributed by atoms with Gasteiger partial charge in [-0.1, -0.05) is 5.16 Å². The molecule has 0 aliphatic carbocycles. The Morgan fingerprint density at radius 1 is 1.91 bits per heavy atom. The standard InChI is InChI=1S/C6H8N2O3/c1-7-6(9)10-4-5-2-3-8-11-5/h2-3H,4H2,1H3,(H,7,9). The normalized spacial score (nSPS) is 9.18. The van der Waals surface area contributed by atoms with Crippen molar-refractivity contribution in [2.75, 3.05) is 7.05 Å². The topological polar surface area (TPSA) is 64.4 Å². The molecule has 0 aromatic carbocycles. The molecule has 0 saturated heterocycles. The highest BCUT2D eigenvalue weighted by Crippen LogP contribution is 1.98. The van der Waals surface area contributed by atoms with Crippen molar-refractivity contribution in [2.24, 2.45) is 0 Å². The van der Waals surface area contributed by atoms with E-state index in [1.807, 2.05) is 0 Å². The Kier molecular flexibility index (Phi) is 2.48. The van der Waals surface area contributed by atoms with E-state index in [4.69, 9.17) is 0 Å². The van der Waals surface area contributed by atoms with E-state index in [2.05, 4.69) is 19.7 Å². The molecule has 60 valence electrons. The zero-order valence-corrected chi connectivity index (χ0v) is 6.03. The van der Waals surface area contributed by atoms with E-state index in [0.29, 0.717) is 5.76 Å². The Bertz CT molecular complexity index is 220. The number of ether oxygens (including phenoxy) is 1. The lowest BCUT2D eigenvalue weighted by Gasteiger charge is -1.98. The smallest absolute Gasteiger partial charge is 0.407 e. The van der Waals surface area contributed by atoms with E-state index in [0.717, 1.165) is 0 Å². The Morgan fingerprint density at radius 2 is 2.73 bits per heavy atom. The van der Waals surface area contributed by atoms with Gasteiger partial charge in [-0.25, -0.2) is 4.79 Å². The molecule has 0 saturated carbocycles. The average Bonchev–Trinajstić information content (AvgIpc) is 2.52. The molecule has 0 spiro atoms. The van der Waals surface area contributed by atoms with Gasteiger partial charge in [0.1, 0.15) is 0 Å². The van der Waals surface area contributed by atoms with Crippen molar-refractivity contribution in [1.82, 2.24) is 10.5 Å². The number of hydrogen-bond acceptors (Lipinski definition) is 4. The van der Waals surface area contributed by atoms with Crippen LogP contribution in [0.5, 0.6) is 0 Å². The van der Waals surface area contributed by atoms with Gasteiger partial charge in [0, 0.05) is 13.1 Å². The quantitative estimate of drug-likeness (QED) is 0.678. The lowest BCUT2D eigenvalue weighted by atomic mass is 10.5. The fourth-order valence-corrected chi connectivity index (χ4v) is 0.525. The van der Waals surface area contributed by atoms with Crippen LogP contribution >= 0.6 is 0 Å². The second-order valence-corrected chi connectivity index (χ2v) is 1.80. The number of carbonyl (C=O) groups excluding carboxylic acids is 1. The van der Waals surface area contributed by atoms with Crippen LogP contribution in [0.4, 0.5) is 4.79 Å². The van der Waals surface area contributed by atoms with E-state index < -0.39 is 6.09 Å². The molecule has 11 heavy (non-hydrogen) atoms. The minimum Gasteiger partial charge on any atom is -0.441 e. The number of nitrogens with zero attached hydrogens (tertiary/aromatic N) is 1. The Hall–Kier alpha value is -1.52. The van der Waals surface area contributed by atoms with Gasteiger partial charge in [0.25, 0.3) is 0 Å². The van der Waals surface area contributed by atoms with Crippen molar-refractivity contribution in [3.05, 3.63) is 18.0 Å². The van der Waals surface area contributed by atoms with Crippen molar-refractivity contribution < 1.29 is 14.1 Å². The highest BCUT2D eigenvalue weighted by atomic mass is 16.6. The molecule has 5 nitrogen and oxygen atoms in total. The monoisotopic (exact) mass is 156 g/mol. The third-order valence-electron chi connectivity index (χ3n) is 1.04. The van der Waals surface area contributed by atoms with Crippen LogP contribution in [0.1, 0.15) is 5.76 Å². The van der Waals surface area contributed by atoms with Crippen LogP contribution in [0.3, 0.4) is 0 Å². The summed E-state index contributed by atoms with van der Waals surface area (Å²) in [6, 6.07) is 1.63. The third kappa shape index (κ3) is 2.29. The van der Waals surface area contributed by atoms with E-state index in [1.54, 1.807) is 6.07 Å². The van der Waals surface area contributed by atoms with E-state index in [1.165, 1.54) is 13.2 Å². The van der Waals surface area contributed by atoms with Gasteiger partial charge in [-0.2, -0.15) is 0 Å². The molecule has 0 atom stereocenters. The minimum absolute atomic E-state index is 0.111. The third-order valence-corrected chi connectivity index (χ3v) is 1.04. The summed E-state index contributed by atoms with van der Waals surface area (Å²) in [6.07, 6.45) is 1.00. The van der Waals surface area contributed by atoms with Gasteiger partial charge in [-0.05, 0) is 0 Å². The van der Waals surface area contributed by atoms with Crippen LogP contribution in [0, 0.1) is 0 Å². The van der Waals surface area contributed by atoms with Crippen LogP contribution in [0.25, 0.3) is 0 Å². The van der Waals surface area contributed by atoms with Gasteiger partial charge in [0.2, 0.25) is 0 Å². The maximum absolute atomic E-state index is 10.5. The fraction of sp³-hybridized carbons (Fsp3) is 0.333. The van der Waals surface area contributed by atoms with Crippen LogP contribution in [-0.2, 0) is 11.3 Å². The molecule has 1 aromatic rings. The first-order valence-electron chi connectivity index (χ1n) is 3.07. The summed E-state index contributed by atoms with van der Waals surface area (Å²) in [5.74, 6) is 0.522. The number of hydrogen-bond donors (Lipinski definition) is 1. The first kappa shape index (κ1) is 7.59. The number of amides is 1. The van der Waals surface area contributed by atoms with Gasteiger partial charge < -0.3 is 14.6 Å². The number of nitrogens with one attached hydrogen (secondary N) is 1. The maximum Gasteiger partial charge on any atom is 0.407 e. The number of aromatic nitrogens is 1. The molecule has 1 amide bonds. The van der Waals surface area contributed by atoms with E-state index in [9.17, 15) is 4.79 Å². The van der Waals surface area contributed by atoms with Crippen LogP contribution in [-0.4, -0.2) is 18.3 Å². The van der Waals surface area contributed by atoms with Crippen molar-refractivity contribution in [2.45, 2.75) is 6.61 Å². The summed E-state index contributed by atoms with van der Waals surface area (Å²) in [4.78, 5) is 10.5. The van der Waals surface area contributed by atoms with E-state index in [-0.39, 0.29) is 6.61 Å². The molecular formula is C6H8N2O3. The molecule has 0 fully saturated rings. The predicted molar refractivity (Wildman–Crippen MR) is 35.7 cm³/mol. The zero-order chi connectivity index (χ0) is 8.10. The Labute approximate surface area is 63.3 Å². The van der Waals surface area contributed by atoms with Gasteiger partial charge in [0.15, 0.2) is 12.4 Å². The summed E-state index contributed by atoms with van der Waals surface area (Å²) >= 11 is 0. The van der Waals surface area contributed by atoms with Crippen LogP contribution in [0.2, 0.25) is 0 Å². The SMILES string of the molecule is CNC(=O)OCc1ccno1. The molecule has 0 unspecified atom stereocenters. The predicted octanol–water partition coefficient (Wildman–Crippen LogP) is 0.531. The second kappa shape index (κ2) is 3.60. The van der Waals surface area contributed by atoms with Crippen molar-refractivity contribution >= 4 is 6.09 Å². The molecule has 5 heteroatoms.